The molecule has 3 N–H and O–H groups in total. The standard InChI is InChI=1S/C28H28N2O11P2/c31-23-13-14-30(28(32)29-23)27-26-25(39-24(40-26)15-18-7-2-1-3-8-18)22(38-27)16-37-43(35,36)41-42(33,34)17-20-11-6-10-19-9-4-5-12-21(19)20/h1-14,22,24-27H,15-17H2,(H,33,34)(H,35,36)(H,29,31,32)/t22-,24?,25?,26+,27-/m1/s1. The summed E-state index contributed by atoms with van der Waals surface area (Å²) >= 11 is 0. The Labute approximate surface area is 244 Å². The van der Waals surface area contributed by atoms with Crippen LogP contribution in [0.4, 0.5) is 0 Å². The van der Waals surface area contributed by atoms with E-state index in [1.807, 2.05) is 48.5 Å². The zero-order chi connectivity index (χ0) is 30.2. The van der Waals surface area contributed by atoms with E-state index in [-0.39, 0.29) is 0 Å². The van der Waals surface area contributed by atoms with Gasteiger partial charge in [-0.25, -0.2) is 13.7 Å². The second-order valence-corrected chi connectivity index (χ2v) is 13.6. The summed E-state index contributed by atoms with van der Waals surface area (Å²) in [4.78, 5) is 47.2. The van der Waals surface area contributed by atoms with Crippen molar-refractivity contribution in [1.82, 2.24) is 9.55 Å². The third kappa shape index (κ3) is 6.81. The number of hydrogen-bond donors (Lipinski definition) is 3. The first kappa shape index (κ1) is 29.8. The van der Waals surface area contributed by atoms with Gasteiger partial charge < -0.3 is 24.0 Å². The molecular formula is C28H28N2O11P2. The van der Waals surface area contributed by atoms with Gasteiger partial charge in [-0.15, -0.1) is 0 Å². The van der Waals surface area contributed by atoms with Crippen LogP contribution in [0.25, 0.3) is 10.8 Å². The minimum atomic E-state index is -5.08. The molecule has 0 aliphatic carbocycles. The van der Waals surface area contributed by atoms with Crippen LogP contribution in [0.15, 0.2) is 94.6 Å². The highest BCUT2D eigenvalue weighted by Crippen LogP contribution is 2.62. The number of ether oxygens (including phenoxy) is 3. The van der Waals surface area contributed by atoms with E-state index in [1.54, 1.807) is 24.3 Å². The summed E-state index contributed by atoms with van der Waals surface area (Å²) in [5.74, 6) is 0. The molecule has 13 nitrogen and oxygen atoms in total. The third-order valence-electron chi connectivity index (χ3n) is 7.16. The smallest absolute Gasteiger partial charge is 0.346 e. The van der Waals surface area contributed by atoms with Crippen molar-refractivity contribution in [2.45, 2.75) is 43.4 Å². The molecule has 0 bridgehead atoms. The Bertz CT molecular complexity index is 1820. The van der Waals surface area contributed by atoms with Crippen molar-refractivity contribution in [2.24, 2.45) is 0 Å². The molecule has 1 aromatic heterocycles. The van der Waals surface area contributed by atoms with E-state index in [1.165, 1.54) is 6.20 Å². The largest absolute Gasteiger partial charge is 0.479 e. The quantitative estimate of drug-likeness (QED) is 0.219. The van der Waals surface area contributed by atoms with E-state index in [0.29, 0.717) is 17.4 Å². The summed E-state index contributed by atoms with van der Waals surface area (Å²) < 4.78 is 54.9. The van der Waals surface area contributed by atoms with E-state index in [4.69, 9.17) is 23.0 Å². The minimum Gasteiger partial charge on any atom is -0.346 e. The Morgan fingerprint density at radius 2 is 1.58 bits per heavy atom. The zero-order valence-electron chi connectivity index (χ0n) is 22.5. The molecular weight excluding hydrogens is 602 g/mol. The molecule has 4 aromatic rings. The number of phosphoric ester groups is 1. The molecule has 2 saturated heterocycles. The first-order valence-electron chi connectivity index (χ1n) is 13.4. The lowest BCUT2D eigenvalue weighted by molar-refractivity contribution is -0.150. The predicted molar refractivity (Wildman–Crippen MR) is 153 cm³/mol. The Morgan fingerprint density at radius 1 is 0.860 bits per heavy atom. The van der Waals surface area contributed by atoms with Crippen molar-refractivity contribution < 1.29 is 42.0 Å². The van der Waals surface area contributed by atoms with Crippen LogP contribution >= 0.6 is 15.4 Å². The maximum Gasteiger partial charge on any atom is 0.479 e. The van der Waals surface area contributed by atoms with Crippen LogP contribution in [-0.2, 0) is 44.8 Å². The maximum absolute atomic E-state index is 12.9. The van der Waals surface area contributed by atoms with Crippen LogP contribution in [0.1, 0.15) is 17.4 Å². The van der Waals surface area contributed by atoms with E-state index < -0.39 is 70.3 Å². The van der Waals surface area contributed by atoms with Crippen LogP contribution in [0, 0.1) is 0 Å². The average molecular weight is 630 g/mol. The van der Waals surface area contributed by atoms with Crippen molar-refractivity contribution in [2.75, 3.05) is 6.61 Å². The molecule has 0 spiro atoms. The molecule has 2 aliphatic rings. The number of phosphoric acid groups is 1. The van der Waals surface area contributed by atoms with Gasteiger partial charge in [0.05, 0.1) is 12.8 Å². The maximum atomic E-state index is 12.9. The van der Waals surface area contributed by atoms with Crippen molar-refractivity contribution in [1.29, 1.82) is 0 Å². The van der Waals surface area contributed by atoms with E-state index in [2.05, 4.69) is 4.98 Å². The number of nitrogens with zero attached hydrogens (tertiary/aromatic N) is 1. The minimum absolute atomic E-state index is 0.373. The fourth-order valence-electron chi connectivity index (χ4n) is 5.32. The number of aromatic nitrogens is 2. The summed E-state index contributed by atoms with van der Waals surface area (Å²) in [7, 11) is -9.74. The number of nitrogens with one attached hydrogen (secondary N) is 1. The molecule has 0 radical (unpaired) electrons. The molecule has 7 atom stereocenters. The van der Waals surface area contributed by atoms with Gasteiger partial charge in [0.15, 0.2) is 12.5 Å². The Morgan fingerprint density at radius 3 is 2.37 bits per heavy atom. The molecule has 3 heterocycles. The highest BCUT2D eigenvalue weighted by molar-refractivity contribution is 7.63. The van der Waals surface area contributed by atoms with Gasteiger partial charge in [-0.3, -0.25) is 23.4 Å². The normalized spacial score (nSPS) is 26.1. The van der Waals surface area contributed by atoms with Crippen molar-refractivity contribution in [3.8, 4) is 0 Å². The fraction of sp³-hybridized carbons (Fsp3) is 0.286. The van der Waals surface area contributed by atoms with Crippen LogP contribution in [0.5, 0.6) is 0 Å². The average Bonchev–Trinajstić information content (AvgIpc) is 3.51. The number of rotatable bonds is 10. The van der Waals surface area contributed by atoms with Crippen LogP contribution in [0.3, 0.4) is 0 Å². The molecule has 4 unspecified atom stereocenters. The zero-order valence-corrected chi connectivity index (χ0v) is 24.3. The highest BCUT2D eigenvalue weighted by Gasteiger charge is 2.54. The highest BCUT2D eigenvalue weighted by atomic mass is 31.3. The van der Waals surface area contributed by atoms with Gasteiger partial charge in [-0.2, -0.15) is 0 Å². The lowest BCUT2D eigenvalue weighted by atomic mass is 10.1. The molecule has 0 amide bonds. The number of H-pyrrole nitrogens is 1. The SMILES string of the molecule is O=c1ccn([C@@H]2O[C@H](COP(=O)(O)OP(=O)(O)Cc3cccc4ccccc34)C3OC(Cc4ccccc4)O[C@@H]32)c(=O)[nH]1. The van der Waals surface area contributed by atoms with Gasteiger partial charge >= 0.3 is 21.1 Å². The summed E-state index contributed by atoms with van der Waals surface area (Å²) in [6.45, 7) is -0.598. The topological polar surface area (TPSA) is 176 Å². The second kappa shape index (κ2) is 12.0. The van der Waals surface area contributed by atoms with Crippen LogP contribution in [-0.4, -0.2) is 50.5 Å². The van der Waals surface area contributed by atoms with Gasteiger partial charge in [-0.1, -0.05) is 72.8 Å². The van der Waals surface area contributed by atoms with Gasteiger partial charge in [0.1, 0.15) is 18.3 Å². The van der Waals surface area contributed by atoms with Crippen molar-refractivity contribution in [3.63, 3.8) is 0 Å². The van der Waals surface area contributed by atoms with Crippen molar-refractivity contribution in [3.05, 3.63) is 117 Å². The lowest BCUT2D eigenvalue weighted by Crippen LogP contribution is -2.36. The van der Waals surface area contributed by atoms with Gasteiger partial charge in [0, 0.05) is 18.7 Å². The van der Waals surface area contributed by atoms with E-state index in [0.717, 1.165) is 21.6 Å². The van der Waals surface area contributed by atoms with Gasteiger partial charge in [0.25, 0.3) is 5.56 Å². The fourth-order valence-corrected chi connectivity index (χ4v) is 8.07. The number of fused-ring (bicyclic) bond motifs is 2. The summed E-state index contributed by atoms with van der Waals surface area (Å²) in [6, 6.07) is 22.9. The monoisotopic (exact) mass is 630 g/mol. The van der Waals surface area contributed by atoms with Crippen molar-refractivity contribution >= 4 is 26.2 Å². The lowest BCUT2D eigenvalue weighted by Gasteiger charge is -2.22. The van der Waals surface area contributed by atoms with E-state index >= 15 is 0 Å². The number of benzene rings is 3. The molecule has 226 valence electrons. The Kier molecular flexibility index (Phi) is 8.36. The summed E-state index contributed by atoms with van der Waals surface area (Å²) in [6.07, 6.45) is -3.46. The molecule has 43 heavy (non-hydrogen) atoms. The molecule has 2 fully saturated rings. The van der Waals surface area contributed by atoms with Crippen LogP contribution < -0.4 is 11.2 Å². The summed E-state index contributed by atoms with van der Waals surface area (Å²) in [5.41, 5.74) is 0.0356. The molecule has 6 rings (SSSR count). The molecule has 0 saturated carbocycles. The molecule has 15 heteroatoms. The Hall–Kier alpha value is -3.22. The first-order chi connectivity index (χ1) is 20.6. The van der Waals surface area contributed by atoms with E-state index in [9.17, 15) is 28.5 Å². The number of aromatic amines is 1. The van der Waals surface area contributed by atoms with Gasteiger partial charge in [0.2, 0.25) is 0 Å². The molecule has 3 aromatic carbocycles. The third-order valence-corrected chi connectivity index (χ3v) is 10.2. The van der Waals surface area contributed by atoms with Gasteiger partial charge in [-0.05, 0) is 21.9 Å². The second-order valence-electron chi connectivity index (χ2n) is 10.2. The number of hydrogen-bond acceptors (Lipinski definition) is 9. The first-order valence-corrected chi connectivity index (χ1v) is 16.6. The summed E-state index contributed by atoms with van der Waals surface area (Å²) in [5, 5.41) is 1.53. The Balaban J connectivity index is 1.16. The van der Waals surface area contributed by atoms with Crippen LogP contribution in [0.2, 0.25) is 0 Å². The predicted octanol–water partition coefficient (Wildman–Crippen LogP) is 3.46. The molecule has 2 aliphatic heterocycles.